The Labute approximate surface area is 188 Å². The number of likely N-dealkylation sites (tertiary alicyclic amines) is 1. The van der Waals surface area contributed by atoms with Gasteiger partial charge in [-0.25, -0.2) is 13.2 Å². The van der Waals surface area contributed by atoms with Crippen molar-refractivity contribution in [2.24, 2.45) is 0 Å². The molecule has 174 valence electrons. The number of benzene rings is 1. The summed E-state index contributed by atoms with van der Waals surface area (Å²) < 4.78 is 29.1. The van der Waals surface area contributed by atoms with Gasteiger partial charge < -0.3 is 10.2 Å². The highest BCUT2D eigenvalue weighted by molar-refractivity contribution is 7.89. The standard InChI is InChI=1S/C22H30N4O5S/c1-16-6-5-7-18(14-16)32(30,31)24-22(10-3-2-4-11-22)20(28)25-12-8-17(9-13-25)26-19(27)15-23-21(26)29/h5-7,14,17,24H,2-4,8-13,15H2,1H3,(H,23,29). The molecule has 1 aromatic rings. The normalized spacial score (nSPS) is 22.2. The summed E-state index contributed by atoms with van der Waals surface area (Å²) in [5.41, 5.74) is -0.325. The molecule has 0 radical (unpaired) electrons. The zero-order valence-electron chi connectivity index (χ0n) is 18.3. The fourth-order valence-electron chi connectivity index (χ4n) is 5.05. The topological polar surface area (TPSA) is 116 Å². The predicted molar refractivity (Wildman–Crippen MR) is 117 cm³/mol. The van der Waals surface area contributed by atoms with Gasteiger partial charge in [0.25, 0.3) is 0 Å². The Morgan fingerprint density at radius 2 is 1.81 bits per heavy atom. The molecule has 1 aromatic carbocycles. The fraction of sp³-hybridized carbons (Fsp3) is 0.591. The second kappa shape index (κ2) is 8.82. The number of carbonyl (C=O) groups excluding carboxylic acids is 3. The second-order valence-corrected chi connectivity index (χ2v) is 10.7. The predicted octanol–water partition coefficient (Wildman–Crippen LogP) is 1.52. The molecular formula is C22H30N4O5S. The van der Waals surface area contributed by atoms with Gasteiger partial charge in [-0.3, -0.25) is 14.5 Å². The molecule has 9 nitrogen and oxygen atoms in total. The molecule has 0 unspecified atom stereocenters. The Hall–Kier alpha value is -2.46. The third-order valence-electron chi connectivity index (χ3n) is 6.74. The Morgan fingerprint density at radius 1 is 1.12 bits per heavy atom. The zero-order chi connectivity index (χ0) is 22.9. The molecule has 3 aliphatic rings. The molecule has 1 saturated carbocycles. The van der Waals surface area contributed by atoms with Crippen LogP contribution in [0.3, 0.4) is 0 Å². The third kappa shape index (κ3) is 4.38. The molecule has 4 rings (SSSR count). The number of urea groups is 1. The van der Waals surface area contributed by atoms with Crippen molar-refractivity contribution in [2.45, 2.75) is 68.3 Å². The van der Waals surface area contributed by atoms with E-state index in [0.717, 1.165) is 24.8 Å². The van der Waals surface area contributed by atoms with Gasteiger partial charge >= 0.3 is 6.03 Å². The van der Waals surface area contributed by atoms with Crippen LogP contribution in [0.15, 0.2) is 29.2 Å². The van der Waals surface area contributed by atoms with E-state index in [1.54, 1.807) is 23.1 Å². The number of amides is 4. The molecule has 0 spiro atoms. The lowest BCUT2D eigenvalue weighted by Gasteiger charge is -2.43. The van der Waals surface area contributed by atoms with Gasteiger partial charge in [0, 0.05) is 19.1 Å². The Bertz CT molecular complexity index is 995. The van der Waals surface area contributed by atoms with E-state index in [4.69, 9.17) is 0 Å². The summed E-state index contributed by atoms with van der Waals surface area (Å²) in [7, 11) is -3.87. The minimum Gasteiger partial charge on any atom is -0.341 e. The first-order valence-corrected chi connectivity index (χ1v) is 12.7. The van der Waals surface area contributed by atoms with Crippen molar-refractivity contribution in [1.29, 1.82) is 0 Å². The third-order valence-corrected chi connectivity index (χ3v) is 8.28. The molecule has 2 aliphatic heterocycles. The molecule has 0 atom stereocenters. The maximum Gasteiger partial charge on any atom is 0.324 e. The van der Waals surface area contributed by atoms with Gasteiger partial charge in [0.1, 0.15) is 5.54 Å². The number of nitrogens with one attached hydrogen (secondary N) is 2. The SMILES string of the molecule is Cc1cccc(S(=O)(=O)NC2(C(=O)N3CCC(N4C(=O)CNC4=O)CC3)CCCCC2)c1. The number of imide groups is 1. The second-order valence-electron chi connectivity index (χ2n) is 9.01. The molecule has 0 bridgehead atoms. The van der Waals surface area contributed by atoms with Gasteiger partial charge in [0.05, 0.1) is 11.4 Å². The van der Waals surface area contributed by atoms with E-state index in [1.807, 2.05) is 13.0 Å². The number of sulfonamides is 1. The maximum absolute atomic E-state index is 13.6. The number of piperidine rings is 1. The van der Waals surface area contributed by atoms with Crippen LogP contribution < -0.4 is 10.0 Å². The highest BCUT2D eigenvalue weighted by Crippen LogP contribution is 2.33. The molecule has 2 N–H and O–H groups in total. The van der Waals surface area contributed by atoms with Crippen molar-refractivity contribution in [3.8, 4) is 0 Å². The molecule has 2 heterocycles. The highest BCUT2D eigenvalue weighted by atomic mass is 32.2. The van der Waals surface area contributed by atoms with Crippen LogP contribution in [0.1, 0.15) is 50.5 Å². The summed E-state index contributed by atoms with van der Waals surface area (Å²) in [5, 5.41) is 2.53. The first kappa shape index (κ1) is 22.7. The monoisotopic (exact) mass is 462 g/mol. The minimum absolute atomic E-state index is 0.0157. The summed E-state index contributed by atoms with van der Waals surface area (Å²) in [6.07, 6.45) is 4.43. The lowest BCUT2D eigenvalue weighted by Crippen LogP contribution is -2.62. The van der Waals surface area contributed by atoms with Gasteiger partial charge in [-0.2, -0.15) is 4.72 Å². The van der Waals surface area contributed by atoms with E-state index >= 15 is 0 Å². The number of hydrogen-bond donors (Lipinski definition) is 2. The number of aryl methyl sites for hydroxylation is 1. The highest BCUT2D eigenvalue weighted by Gasteiger charge is 2.46. The van der Waals surface area contributed by atoms with Gasteiger partial charge in [-0.15, -0.1) is 0 Å². The maximum atomic E-state index is 13.6. The van der Waals surface area contributed by atoms with E-state index in [1.165, 1.54) is 4.90 Å². The van der Waals surface area contributed by atoms with E-state index in [2.05, 4.69) is 10.0 Å². The van der Waals surface area contributed by atoms with Crippen LogP contribution in [0.2, 0.25) is 0 Å². The van der Waals surface area contributed by atoms with Gasteiger partial charge in [0.15, 0.2) is 0 Å². The van der Waals surface area contributed by atoms with E-state index in [9.17, 15) is 22.8 Å². The molecular weight excluding hydrogens is 432 g/mol. The first-order chi connectivity index (χ1) is 15.2. The van der Waals surface area contributed by atoms with Crippen molar-refractivity contribution >= 4 is 27.9 Å². The lowest BCUT2D eigenvalue weighted by atomic mass is 9.81. The van der Waals surface area contributed by atoms with Crippen molar-refractivity contribution in [1.82, 2.24) is 19.8 Å². The average Bonchev–Trinajstić information content (AvgIpc) is 3.11. The fourth-order valence-corrected chi connectivity index (χ4v) is 6.57. The van der Waals surface area contributed by atoms with Crippen molar-refractivity contribution in [3.05, 3.63) is 29.8 Å². The molecule has 3 fully saturated rings. The van der Waals surface area contributed by atoms with Crippen molar-refractivity contribution < 1.29 is 22.8 Å². The Morgan fingerprint density at radius 3 is 2.41 bits per heavy atom. The molecule has 10 heteroatoms. The van der Waals surface area contributed by atoms with Crippen molar-refractivity contribution in [3.63, 3.8) is 0 Å². The lowest BCUT2D eigenvalue weighted by molar-refractivity contribution is -0.140. The van der Waals surface area contributed by atoms with Crippen molar-refractivity contribution in [2.75, 3.05) is 19.6 Å². The Balaban J connectivity index is 1.50. The molecule has 32 heavy (non-hydrogen) atoms. The Kier molecular flexibility index (Phi) is 6.26. The van der Waals surface area contributed by atoms with Gasteiger partial charge in [-0.05, 0) is 50.3 Å². The van der Waals surface area contributed by atoms with Crippen LogP contribution in [0.4, 0.5) is 4.79 Å². The molecule has 1 aliphatic carbocycles. The van der Waals surface area contributed by atoms with Crippen LogP contribution in [0, 0.1) is 6.92 Å². The van der Waals surface area contributed by atoms with Crippen LogP contribution >= 0.6 is 0 Å². The van der Waals surface area contributed by atoms with Gasteiger partial charge in [0.2, 0.25) is 21.8 Å². The van der Waals surface area contributed by atoms with Crippen LogP contribution in [-0.4, -0.2) is 67.3 Å². The average molecular weight is 463 g/mol. The zero-order valence-corrected chi connectivity index (χ0v) is 19.1. The number of rotatable bonds is 5. The van der Waals surface area contributed by atoms with Crippen LogP contribution in [0.5, 0.6) is 0 Å². The van der Waals surface area contributed by atoms with E-state index in [0.29, 0.717) is 38.8 Å². The molecule has 4 amide bonds. The number of hydrogen-bond acceptors (Lipinski definition) is 5. The van der Waals surface area contributed by atoms with E-state index in [-0.39, 0.29) is 35.3 Å². The smallest absolute Gasteiger partial charge is 0.324 e. The minimum atomic E-state index is -3.87. The summed E-state index contributed by atoms with van der Waals surface area (Å²) in [4.78, 5) is 40.7. The number of nitrogens with zero attached hydrogens (tertiary/aromatic N) is 2. The summed E-state index contributed by atoms with van der Waals surface area (Å²) in [6.45, 7) is 2.61. The summed E-state index contributed by atoms with van der Waals surface area (Å²) in [5.74, 6) is -0.446. The summed E-state index contributed by atoms with van der Waals surface area (Å²) in [6, 6.07) is 6.05. The quantitative estimate of drug-likeness (QED) is 0.644. The first-order valence-electron chi connectivity index (χ1n) is 11.2. The molecule has 2 saturated heterocycles. The summed E-state index contributed by atoms with van der Waals surface area (Å²) >= 11 is 0. The number of carbonyl (C=O) groups is 3. The molecule has 0 aromatic heterocycles. The van der Waals surface area contributed by atoms with E-state index < -0.39 is 15.6 Å². The largest absolute Gasteiger partial charge is 0.341 e. The van der Waals surface area contributed by atoms with Gasteiger partial charge in [-0.1, -0.05) is 31.4 Å². The van der Waals surface area contributed by atoms with Crippen LogP contribution in [-0.2, 0) is 19.6 Å². The van der Waals surface area contributed by atoms with Crippen LogP contribution in [0.25, 0.3) is 0 Å².